The van der Waals surface area contributed by atoms with Gasteiger partial charge in [0.1, 0.15) is 0 Å². The average Bonchev–Trinajstić information content (AvgIpc) is 1.88. The van der Waals surface area contributed by atoms with Gasteiger partial charge in [-0.15, -0.1) is 0 Å². The van der Waals surface area contributed by atoms with Crippen molar-refractivity contribution in [2.24, 2.45) is 0 Å². The maximum atomic E-state index is 8.97. The van der Waals surface area contributed by atoms with Crippen molar-refractivity contribution in [3.63, 3.8) is 0 Å². The van der Waals surface area contributed by atoms with Gasteiger partial charge in [-0.05, 0) is 13.8 Å². The summed E-state index contributed by atoms with van der Waals surface area (Å²) in [5.74, 6) is 0. The lowest BCUT2D eigenvalue weighted by Crippen LogP contribution is -2.35. The first-order chi connectivity index (χ1) is 4.68. The van der Waals surface area contributed by atoms with Gasteiger partial charge in [0.15, 0.2) is 0 Å². The minimum atomic E-state index is -0.348. The Hall–Kier alpha value is -0.590. The van der Waals surface area contributed by atoms with Crippen LogP contribution in [0.4, 0.5) is 0 Å². The van der Waals surface area contributed by atoms with Crippen LogP contribution in [0.15, 0.2) is 0 Å². The lowest BCUT2D eigenvalue weighted by atomic mass is 10.2. The second-order valence-electron chi connectivity index (χ2n) is 2.39. The van der Waals surface area contributed by atoms with E-state index in [1.165, 1.54) is 0 Å². The summed E-state index contributed by atoms with van der Waals surface area (Å²) in [7, 11) is 0. The summed E-state index contributed by atoms with van der Waals surface area (Å²) >= 11 is 0. The van der Waals surface area contributed by atoms with E-state index in [1.807, 2.05) is 13.0 Å². The molecule has 0 aromatic rings. The Kier molecular flexibility index (Phi) is 4.91. The van der Waals surface area contributed by atoms with E-state index in [0.29, 0.717) is 13.0 Å². The monoisotopic (exact) mass is 142 g/mol. The summed E-state index contributed by atoms with van der Waals surface area (Å²) in [6, 6.07) is 2.10. The van der Waals surface area contributed by atoms with Gasteiger partial charge in [0, 0.05) is 19.0 Å². The molecule has 2 atom stereocenters. The predicted molar refractivity (Wildman–Crippen MR) is 39.4 cm³/mol. The lowest BCUT2D eigenvalue weighted by molar-refractivity contribution is 0.153. The minimum Gasteiger partial charge on any atom is -0.392 e. The predicted octanol–water partition coefficient (Wildman–Crippen LogP) is 0.259. The molecule has 0 rings (SSSR count). The smallest absolute Gasteiger partial charge is 0.0662 e. The summed E-state index contributed by atoms with van der Waals surface area (Å²) in [5.41, 5.74) is 0. The number of rotatable bonds is 4. The summed E-state index contributed by atoms with van der Waals surface area (Å²) in [6.07, 6.45) is 0.149. The average molecular weight is 142 g/mol. The minimum absolute atomic E-state index is 0.0772. The van der Waals surface area contributed by atoms with Crippen molar-refractivity contribution in [2.45, 2.75) is 32.4 Å². The number of nitriles is 1. The van der Waals surface area contributed by atoms with E-state index in [-0.39, 0.29) is 12.1 Å². The molecule has 0 amide bonds. The van der Waals surface area contributed by atoms with Crippen LogP contribution < -0.4 is 5.32 Å². The van der Waals surface area contributed by atoms with Gasteiger partial charge in [-0.25, -0.2) is 0 Å². The fourth-order valence-corrected chi connectivity index (χ4v) is 0.526. The number of nitrogens with one attached hydrogen (secondary N) is 1. The molecule has 0 aromatic carbocycles. The van der Waals surface area contributed by atoms with Gasteiger partial charge >= 0.3 is 0 Å². The van der Waals surface area contributed by atoms with E-state index >= 15 is 0 Å². The van der Waals surface area contributed by atoms with Gasteiger partial charge in [-0.2, -0.15) is 5.26 Å². The largest absolute Gasteiger partial charge is 0.392 e. The Morgan fingerprint density at radius 3 is 2.60 bits per heavy atom. The Labute approximate surface area is 61.7 Å². The quantitative estimate of drug-likeness (QED) is 0.553. The molecule has 3 nitrogen and oxygen atoms in total. The maximum Gasteiger partial charge on any atom is 0.0662 e. The number of hydrogen-bond donors (Lipinski definition) is 2. The van der Waals surface area contributed by atoms with Crippen molar-refractivity contribution < 1.29 is 5.11 Å². The molecule has 0 radical (unpaired) electrons. The van der Waals surface area contributed by atoms with Crippen molar-refractivity contribution in [2.75, 3.05) is 6.54 Å². The van der Waals surface area contributed by atoms with E-state index in [1.54, 1.807) is 6.92 Å². The molecule has 0 fully saturated rings. The van der Waals surface area contributed by atoms with Gasteiger partial charge in [0.25, 0.3) is 0 Å². The van der Waals surface area contributed by atoms with Crippen LogP contribution in [0, 0.1) is 11.3 Å². The third-order valence-corrected chi connectivity index (χ3v) is 1.43. The lowest BCUT2D eigenvalue weighted by Gasteiger charge is -2.14. The van der Waals surface area contributed by atoms with Crippen LogP contribution in [0.3, 0.4) is 0 Å². The molecular formula is C7H14N2O. The van der Waals surface area contributed by atoms with Crippen LogP contribution in [-0.2, 0) is 0 Å². The molecule has 0 saturated heterocycles. The van der Waals surface area contributed by atoms with Crippen LogP contribution in [0.5, 0.6) is 0 Å². The van der Waals surface area contributed by atoms with Crippen molar-refractivity contribution in [3.05, 3.63) is 0 Å². The zero-order valence-corrected chi connectivity index (χ0v) is 6.46. The third-order valence-electron chi connectivity index (χ3n) is 1.43. The highest BCUT2D eigenvalue weighted by molar-refractivity contribution is 4.73. The first-order valence-electron chi connectivity index (χ1n) is 3.47. The first-order valence-corrected chi connectivity index (χ1v) is 3.47. The van der Waals surface area contributed by atoms with Gasteiger partial charge < -0.3 is 10.4 Å². The third kappa shape index (κ3) is 4.30. The van der Waals surface area contributed by atoms with E-state index in [9.17, 15) is 0 Å². The molecule has 0 saturated carbocycles. The highest BCUT2D eigenvalue weighted by Gasteiger charge is 2.05. The van der Waals surface area contributed by atoms with Crippen LogP contribution in [0.2, 0.25) is 0 Å². The molecule has 0 aliphatic rings. The molecule has 0 spiro atoms. The zero-order valence-electron chi connectivity index (χ0n) is 6.46. The molecule has 0 aromatic heterocycles. The molecule has 0 aliphatic heterocycles. The van der Waals surface area contributed by atoms with Gasteiger partial charge in [-0.3, -0.25) is 0 Å². The van der Waals surface area contributed by atoms with Gasteiger partial charge in [0.05, 0.1) is 12.2 Å². The van der Waals surface area contributed by atoms with Crippen molar-refractivity contribution >= 4 is 0 Å². The Morgan fingerprint density at radius 1 is 1.60 bits per heavy atom. The molecule has 0 aliphatic carbocycles. The first kappa shape index (κ1) is 9.41. The fourth-order valence-electron chi connectivity index (χ4n) is 0.526. The fraction of sp³-hybridized carbons (Fsp3) is 0.857. The van der Waals surface area contributed by atoms with Crippen molar-refractivity contribution in [3.8, 4) is 6.07 Å². The van der Waals surface area contributed by atoms with Crippen LogP contribution >= 0.6 is 0 Å². The highest BCUT2D eigenvalue weighted by atomic mass is 16.3. The second kappa shape index (κ2) is 5.21. The van der Waals surface area contributed by atoms with E-state index < -0.39 is 0 Å². The van der Waals surface area contributed by atoms with Crippen molar-refractivity contribution in [1.29, 1.82) is 5.26 Å². The molecule has 10 heavy (non-hydrogen) atoms. The topological polar surface area (TPSA) is 56.0 Å². The van der Waals surface area contributed by atoms with Crippen LogP contribution in [0.1, 0.15) is 20.3 Å². The number of hydrogen-bond acceptors (Lipinski definition) is 3. The number of aliphatic hydroxyl groups is 1. The molecule has 3 heteroatoms. The molecule has 2 N–H and O–H groups in total. The van der Waals surface area contributed by atoms with E-state index in [4.69, 9.17) is 10.4 Å². The molecule has 2 unspecified atom stereocenters. The van der Waals surface area contributed by atoms with E-state index in [0.717, 1.165) is 0 Å². The molecule has 0 heterocycles. The molecule has 58 valence electrons. The van der Waals surface area contributed by atoms with E-state index in [2.05, 4.69) is 5.32 Å². The Bertz CT molecular complexity index is 117. The number of aliphatic hydroxyl groups excluding tert-OH is 1. The Morgan fingerprint density at radius 2 is 2.20 bits per heavy atom. The van der Waals surface area contributed by atoms with Crippen molar-refractivity contribution in [1.82, 2.24) is 5.32 Å². The van der Waals surface area contributed by atoms with Crippen LogP contribution in [-0.4, -0.2) is 23.8 Å². The summed E-state index contributed by atoms with van der Waals surface area (Å²) in [6.45, 7) is 4.27. The normalized spacial score (nSPS) is 15.8. The zero-order chi connectivity index (χ0) is 7.98. The second-order valence-corrected chi connectivity index (χ2v) is 2.39. The maximum absolute atomic E-state index is 8.97. The standard InChI is InChI=1S/C7H14N2O/c1-6(7(2)10)9-5-3-4-8/h6-7,9-10H,3,5H2,1-2H3. The Balaban J connectivity index is 3.23. The molecule has 0 bridgehead atoms. The number of nitrogens with zero attached hydrogens (tertiary/aromatic N) is 1. The van der Waals surface area contributed by atoms with Gasteiger partial charge in [0.2, 0.25) is 0 Å². The molecular weight excluding hydrogens is 128 g/mol. The summed E-state index contributed by atoms with van der Waals surface area (Å²) in [4.78, 5) is 0. The summed E-state index contributed by atoms with van der Waals surface area (Å²) < 4.78 is 0. The SMILES string of the molecule is CC(O)C(C)NCCC#N. The highest BCUT2D eigenvalue weighted by Crippen LogP contribution is 1.89. The summed E-state index contributed by atoms with van der Waals surface area (Å²) in [5, 5.41) is 20.2. The van der Waals surface area contributed by atoms with Gasteiger partial charge in [-0.1, -0.05) is 0 Å². The van der Waals surface area contributed by atoms with Crippen LogP contribution in [0.25, 0.3) is 0 Å².